The first kappa shape index (κ1) is 13.4. The molecule has 0 radical (unpaired) electrons. The van der Waals surface area contributed by atoms with Crippen LogP contribution in [0.25, 0.3) is 0 Å². The molecule has 0 saturated carbocycles. The molecule has 1 aromatic carbocycles. The van der Waals surface area contributed by atoms with E-state index in [4.69, 9.17) is 4.74 Å². The van der Waals surface area contributed by atoms with E-state index in [9.17, 15) is 0 Å². The number of hydrogen-bond acceptors (Lipinski definition) is 2. The second-order valence-corrected chi connectivity index (χ2v) is 6.79. The van der Waals surface area contributed by atoms with E-state index in [1.54, 1.807) is 0 Å². The second-order valence-electron chi connectivity index (χ2n) is 6.79. The molecule has 2 heteroatoms. The molecule has 0 bridgehead atoms. The quantitative estimate of drug-likeness (QED) is 0.880. The van der Waals surface area contributed by atoms with Crippen LogP contribution in [-0.4, -0.2) is 17.7 Å². The molecule has 0 spiro atoms. The van der Waals surface area contributed by atoms with Gasteiger partial charge in [-0.1, -0.05) is 18.2 Å². The fourth-order valence-corrected chi connectivity index (χ4v) is 3.38. The molecule has 2 nitrogen and oxygen atoms in total. The molecule has 0 atom stereocenters. The van der Waals surface area contributed by atoms with Crippen LogP contribution in [0.15, 0.2) is 30.3 Å². The maximum absolute atomic E-state index is 5.90. The second kappa shape index (κ2) is 4.93. The largest absolute Gasteiger partial charge is 0.493 e. The van der Waals surface area contributed by atoms with Gasteiger partial charge in [-0.05, 0) is 58.6 Å². The summed E-state index contributed by atoms with van der Waals surface area (Å²) in [5.41, 5.74) is 0.402. The van der Waals surface area contributed by atoms with Gasteiger partial charge in [-0.25, -0.2) is 0 Å². The predicted octanol–water partition coefficient (Wildman–Crippen LogP) is 3.62. The average molecular weight is 247 g/mol. The number of hydrogen-bond donors (Lipinski definition) is 1. The van der Waals surface area contributed by atoms with E-state index >= 15 is 0 Å². The summed E-state index contributed by atoms with van der Waals surface area (Å²) in [5, 5.41) is 3.70. The molecule has 1 aliphatic heterocycles. The van der Waals surface area contributed by atoms with Crippen molar-refractivity contribution >= 4 is 0 Å². The summed E-state index contributed by atoms with van der Waals surface area (Å²) < 4.78 is 5.90. The summed E-state index contributed by atoms with van der Waals surface area (Å²) in [7, 11) is 0. The minimum atomic E-state index is 0.201. The number of benzene rings is 1. The Balaban J connectivity index is 1.93. The molecule has 0 unspecified atom stereocenters. The van der Waals surface area contributed by atoms with Gasteiger partial charge in [0.1, 0.15) is 5.75 Å². The van der Waals surface area contributed by atoms with Crippen LogP contribution >= 0.6 is 0 Å². The van der Waals surface area contributed by atoms with Crippen LogP contribution in [0.1, 0.15) is 40.5 Å². The molecule has 1 aliphatic rings. The van der Waals surface area contributed by atoms with Crippen molar-refractivity contribution in [3.63, 3.8) is 0 Å². The lowest BCUT2D eigenvalue weighted by Crippen LogP contribution is -2.58. The Kier molecular flexibility index (Phi) is 3.67. The van der Waals surface area contributed by atoms with Crippen LogP contribution in [-0.2, 0) is 0 Å². The van der Waals surface area contributed by atoms with E-state index in [0.29, 0.717) is 5.92 Å². The fraction of sp³-hybridized carbons (Fsp3) is 0.625. The van der Waals surface area contributed by atoms with Gasteiger partial charge in [0.2, 0.25) is 0 Å². The minimum absolute atomic E-state index is 0.201. The average Bonchev–Trinajstić information content (AvgIpc) is 2.24. The van der Waals surface area contributed by atoms with Gasteiger partial charge < -0.3 is 10.1 Å². The molecule has 0 aliphatic carbocycles. The summed E-state index contributed by atoms with van der Waals surface area (Å²) >= 11 is 0. The standard InChI is InChI=1S/C16H25NO/c1-15(2)10-13(11-16(3,4)17-15)12-18-14-8-6-5-7-9-14/h5-9,13,17H,10-12H2,1-4H3. The first-order valence-corrected chi connectivity index (χ1v) is 6.84. The van der Waals surface area contributed by atoms with Gasteiger partial charge in [-0.2, -0.15) is 0 Å². The molecule has 2 rings (SSSR count). The first-order valence-electron chi connectivity index (χ1n) is 6.84. The van der Waals surface area contributed by atoms with E-state index in [2.05, 4.69) is 33.0 Å². The highest BCUT2D eigenvalue weighted by molar-refractivity contribution is 5.20. The lowest BCUT2D eigenvalue weighted by molar-refractivity contribution is 0.0935. The molecule has 1 fully saturated rings. The molecule has 100 valence electrons. The van der Waals surface area contributed by atoms with Gasteiger partial charge in [0.15, 0.2) is 0 Å². The number of piperidine rings is 1. The van der Waals surface area contributed by atoms with Crippen LogP contribution in [0.2, 0.25) is 0 Å². The van der Waals surface area contributed by atoms with Crippen LogP contribution in [0, 0.1) is 5.92 Å². The molecular formula is C16H25NO. The topological polar surface area (TPSA) is 21.3 Å². The molecule has 0 aromatic heterocycles. The van der Waals surface area contributed by atoms with Crippen molar-refractivity contribution in [2.75, 3.05) is 6.61 Å². The molecule has 0 amide bonds. The lowest BCUT2D eigenvalue weighted by atomic mass is 9.76. The molecule has 18 heavy (non-hydrogen) atoms. The monoisotopic (exact) mass is 247 g/mol. The highest BCUT2D eigenvalue weighted by Crippen LogP contribution is 2.33. The third-order valence-corrected chi connectivity index (χ3v) is 3.50. The Morgan fingerprint density at radius 2 is 1.61 bits per heavy atom. The zero-order valence-corrected chi connectivity index (χ0v) is 12.0. The third-order valence-electron chi connectivity index (χ3n) is 3.50. The van der Waals surface area contributed by atoms with Crippen molar-refractivity contribution < 1.29 is 4.74 Å². The van der Waals surface area contributed by atoms with Gasteiger partial charge in [0.25, 0.3) is 0 Å². The molecule has 1 aromatic rings. The highest BCUT2D eigenvalue weighted by atomic mass is 16.5. The Morgan fingerprint density at radius 3 is 2.17 bits per heavy atom. The van der Waals surface area contributed by atoms with E-state index < -0.39 is 0 Å². The maximum atomic E-state index is 5.90. The maximum Gasteiger partial charge on any atom is 0.119 e. The summed E-state index contributed by atoms with van der Waals surface area (Å²) in [6.07, 6.45) is 2.34. The van der Waals surface area contributed by atoms with E-state index in [1.165, 1.54) is 12.8 Å². The van der Waals surface area contributed by atoms with E-state index in [0.717, 1.165) is 12.4 Å². The number of ether oxygens (including phenoxy) is 1. The number of rotatable bonds is 3. The number of nitrogens with one attached hydrogen (secondary N) is 1. The predicted molar refractivity (Wildman–Crippen MR) is 76.0 cm³/mol. The number of para-hydroxylation sites is 1. The summed E-state index contributed by atoms with van der Waals surface area (Å²) in [6, 6.07) is 10.1. The third kappa shape index (κ3) is 3.74. The Bertz CT molecular complexity index is 367. The van der Waals surface area contributed by atoms with Gasteiger partial charge in [0, 0.05) is 11.1 Å². The Morgan fingerprint density at radius 1 is 1.06 bits per heavy atom. The van der Waals surface area contributed by atoms with Crippen molar-refractivity contribution in [1.29, 1.82) is 0 Å². The van der Waals surface area contributed by atoms with Crippen molar-refractivity contribution in [2.24, 2.45) is 5.92 Å². The van der Waals surface area contributed by atoms with Gasteiger partial charge in [0.05, 0.1) is 6.61 Å². The Labute approximate surface area is 111 Å². The molecule has 1 heterocycles. The smallest absolute Gasteiger partial charge is 0.119 e. The van der Waals surface area contributed by atoms with Gasteiger partial charge >= 0.3 is 0 Å². The zero-order chi connectivity index (χ0) is 13.2. The Hall–Kier alpha value is -1.02. The summed E-state index contributed by atoms with van der Waals surface area (Å²) in [6.45, 7) is 9.94. The molecular weight excluding hydrogens is 222 g/mol. The minimum Gasteiger partial charge on any atom is -0.493 e. The fourth-order valence-electron chi connectivity index (χ4n) is 3.38. The van der Waals surface area contributed by atoms with Crippen molar-refractivity contribution in [3.05, 3.63) is 30.3 Å². The van der Waals surface area contributed by atoms with Gasteiger partial charge in [-0.3, -0.25) is 0 Å². The molecule has 1 saturated heterocycles. The first-order chi connectivity index (χ1) is 8.36. The van der Waals surface area contributed by atoms with Crippen LogP contribution < -0.4 is 10.1 Å². The van der Waals surface area contributed by atoms with E-state index in [-0.39, 0.29) is 11.1 Å². The summed E-state index contributed by atoms with van der Waals surface area (Å²) in [4.78, 5) is 0. The normalized spacial score (nSPS) is 22.7. The van der Waals surface area contributed by atoms with Crippen LogP contribution in [0.5, 0.6) is 5.75 Å². The van der Waals surface area contributed by atoms with Crippen molar-refractivity contribution in [3.8, 4) is 5.75 Å². The highest BCUT2D eigenvalue weighted by Gasteiger charge is 2.37. The van der Waals surface area contributed by atoms with Crippen LogP contribution in [0.4, 0.5) is 0 Å². The van der Waals surface area contributed by atoms with E-state index in [1.807, 2.05) is 30.3 Å². The van der Waals surface area contributed by atoms with Crippen molar-refractivity contribution in [2.45, 2.75) is 51.6 Å². The zero-order valence-electron chi connectivity index (χ0n) is 12.0. The lowest BCUT2D eigenvalue weighted by Gasteiger charge is -2.46. The summed E-state index contributed by atoms with van der Waals surface area (Å²) in [5.74, 6) is 1.60. The van der Waals surface area contributed by atoms with Gasteiger partial charge in [-0.15, -0.1) is 0 Å². The SMILES string of the molecule is CC1(C)CC(COc2ccccc2)CC(C)(C)N1. The van der Waals surface area contributed by atoms with Crippen LogP contribution in [0.3, 0.4) is 0 Å². The van der Waals surface area contributed by atoms with Crippen molar-refractivity contribution in [1.82, 2.24) is 5.32 Å². The molecule has 1 N–H and O–H groups in total.